The van der Waals surface area contributed by atoms with Crippen molar-refractivity contribution in [2.45, 2.75) is 50.2 Å². The average molecular weight is 442 g/mol. The van der Waals surface area contributed by atoms with E-state index in [-0.39, 0.29) is 22.3 Å². The summed E-state index contributed by atoms with van der Waals surface area (Å²) in [6.07, 6.45) is 9.11. The van der Waals surface area contributed by atoms with Gasteiger partial charge in [-0.15, -0.1) is 5.10 Å². The van der Waals surface area contributed by atoms with Crippen molar-refractivity contribution >= 4 is 17.8 Å². The molecule has 4 fully saturated rings. The third-order valence-corrected chi connectivity index (χ3v) is 7.63. The van der Waals surface area contributed by atoms with E-state index in [0.29, 0.717) is 31.0 Å². The van der Waals surface area contributed by atoms with Crippen molar-refractivity contribution in [1.29, 1.82) is 0 Å². The van der Waals surface area contributed by atoms with Gasteiger partial charge in [-0.05, 0) is 31.0 Å². The molecule has 3 saturated heterocycles. The molecular weight excluding hydrogens is 412 g/mol. The summed E-state index contributed by atoms with van der Waals surface area (Å²) >= 11 is 0. The number of aromatic nitrogens is 2. The van der Waals surface area contributed by atoms with Crippen LogP contribution in [-0.2, 0) is 15.1 Å². The van der Waals surface area contributed by atoms with Crippen LogP contribution < -0.4 is 5.32 Å². The minimum absolute atomic E-state index is 0.161. The number of nitrogens with zero attached hydrogens (tertiary/aromatic N) is 3. The summed E-state index contributed by atoms with van der Waals surface area (Å²) in [7, 11) is 0. The molecule has 0 spiro atoms. The number of fused-ring (bicyclic) bond motifs is 3. The van der Waals surface area contributed by atoms with Gasteiger partial charge in [0.15, 0.2) is 17.5 Å². The van der Waals surface area contributed by atoms with Crippen LogP contribution in [0.4, 0.5) is 10.6 Å². The van der Waals surface area contributed by atoms with Crippen LogP contribution in [0.2, 0.25) is 0 Å². The van der Waals surface area contributed by atoms with Gasteiger partial charge in [0.2, 0.25) is 0 Å². The van der Waals surface area contributed by atoms with Crippen LogP contribution in [0.1, 0.15) is 44.1 Å². The Balaban J connectivity index is 1.34. The Morgan fingerprint density at radius 2 is 1.97 bits per heavy atom. The molecule has 2 N–H and O–H groups in total. The summed E-state index contributed by atoms with van der Waals surface area (Å²) in [5.41, 5.74) is -1.28. The highest BCUT2D eigenvalue weighted by Crippen LogP contribution is 2.43. The van der Waals surface area contributed by atoms with Crippen molar-refractivity contribution in [3.8, 4) is 0 Å². The van der Waals surface area contributed by atoms with E-state index in [1.54, 1.807) is 24.4 Å². The lowest BCUT2D eigenvalue weighted by Crippen LogP contribution is -2.68. The van der Waals surface area contributed by atoms with Crippen LogP contribution in [0, 0.1) is 11.8 Å². The van der Waals surface area contributed by atoms with Gasteiger partial charge in [0.25, 0.3) is 0 Å². The first-order valence-electron chi connectivity index (χ1n) is 11.4. The van der Waals surface area contributed by atoms with E-state index in [0.717, 1.165) is 38.5 Å². The summed E-state index contributed by atoms with van der Waals surface area (Å²) in [5, 5.41) is 22.2. The zero-order valence-electron chi connectivity index (χ0n) is 18.0. The molecule has 4 aliphatic rings. The molecule has 1 aliphatic carbocycles. The van der Waals surface area contributed by atoms with E-state index in [1.165, 1.54) is 12.5 Å². The molecule has 2 aromatic heterocycles. The SMILES string of the molecule is O=C(O[C@H]1C[N+]2(C(=O)Nc3cccnn3)CCC1CC2)C(O)(c1ccoc1)C1CCCC1. The highest BCUT2D eigenvalue weighted by molar-refractivity contribution is 5.83. The van der Waals surface area contributed by atoms with Crippen molar-refractivity contribution in [3.63, 3.8) is 0 Å². The Morgan fingerprint density at radius 1 is 1.19 bits per heavy atom. The van der Waals surface area contributed by atoms with Crippen LogP contribution in [-0.4, -0.2) is 57.5 Å². The molecule has 1 saturated carbocycles. The van der Waals surface area contributed by atoms with Gasteiger partial charge in [0, 0.05) is 36.4 Å². The third kappa shape index (κ3) is 3.59. The molecular formula is C23H29N4O5+. The molecule has 5 heterocycles. The van der Waals surface area contributed by atoms with Crippen LogP contribution in [0.3, 0.4) is 0 Å². The molecule has 2 aromatic rings. The number of furan rings is 1. The second kappa shape index (κ2) is 8.29. The van der Waals surface area contributed by atoms with Crippen molar-refractivity contribution in [2.24, 2.45) is 11.8 Å². The van der Waals surface area contributed by atoms with Gasteiger partial charge in [-0.1, -0.05) is 12.8 Å². The lowest BCUT2D eigenvalue weighted by molar-refractivity contribution is -0.869. The minimum atomic E-state index is -1.72. The fraction of sp³-hybridized carbons (Fsp3) is 0.565. The summed E-state index contributed by atoms with van der Waals surface area (Å²) in [4.78, 5) is 26.6. The number of piperidine rings is 3. The van der Waals surface area contributed by atoms with Crippen molar-refractivity contribution < 1.29 is 28.3 Å². The number of amides is 2. The monoisotopic (exact) mass is 441 g/mol. The van der Waals surface area contributed by atoms with Crippen LogP contribution in [0.5, 0.6) is 0 Å². The van der Waals surface area contributed by atoms with E-state index >= 15 is 0 Å². The lowest BCUT2D eigenvalue weighted by atomic mass is 9.80. The Bertz CT molecular complexity index is 952. The van der Waals surface area contributed by atoms with Gasteiger partial charge >= 0.3 is 12.0 Å². The lowest BCUT2D eigenvalue weighted by Gasteiger charge is -2.49. The summed E-state index contributed by atoms with van der Waals surface area (Å²) in [6.45, 7) is 1.79. The highest BCUT2D eigenvalue weighted by Gasteiger charge is 2.55. The Kier molecular flexibility index (Phi) is 5.46. The number of quaternary nitrogens is 1. The number of carbonyl (C=O) groups is 2. The van der Waals surface area contributed by atoms with Gasteiger partial charge in [0.1, 0.15) is 6.54 Å². The minimum Gasteiger partial charge on any atom is -0.472 e. The molecule has 9 nitrogen and oxygen atoms in total. The van der Waals surface area contributed by atoms with Gasteiger partial charge < -0.3 is 14.3 Å². The maximum Gasteiger partial charge on any atom is 0.422 e. The molecule has 0 radical (unpaired) electrons. The molecule has 2 atom stereocenters. The number of urea groups is 1. The zero-order valence-corrected chi connectivity index (χ0v) is 18.0. The number of ether oxygens (including phenoxy) is 1. The molecule has 32 heavy (non-hydrogen) atoms. The number of esters is 1. The first-order valence-corrected chi connectivity index (χ1v) is 11.4. The summed E-state index contributed by atoms with van der Waals surface area (Å²) in [5.74, 6) is -0.226. The topological polar surface area (TPSA) is 115 Å². The first kappa shape index (κ1) is 21.1. The Morgan fingerprint density at radius 3 is 2.62 bits per heavy atom. The number of carbonyl (C=O) groups excluding carboxylic acids is 2. The van der Waals surface area contributed by atoms with Gasteiger partial charge in [-0.2, -0.15) is 5.10 Å². The normalized spacial score (nSPS) is 29.4. The van der Waals surface area contributed by atoms with E-state index in [1.807, 2.05) is 0 Å². The smallest absolute Gasteiger partial charge is 0.422 e. The van der Waals surface area contributed by atoms with E-state index in [4.69, 9.17) is 9.15 Å². The number of hydrogen-bond donors (Lipinski definition) is 2. The van der Waals surface area contributed by atoms with E-state index < -0.39 is 17.7 Å². The number of rotatable bonds is 5. The van der Waals surface area contributed by atoms with Crippen molar-refractivity contribution in [3.05, 3.63) is 42.5 Å². The predicted octanol–water partition coefficient (Wildman–Crippen LogP) is 2.83. The molecule has 2 amide bonds. The van der Waals surface area contributed by atoms with Gasteiger partial charge in [-0.25, -0.2) is 14.1 Å². The van der Waals surface area contributed by atoms with Crippen LogP contribution >= 0.6 is 0 Å². The average Bonchev–Trinajstić information content (AvgIpc) is 3.55. The largest absolute Gasteiger partial charge is 0.472 e. The number of anilines is 1. The van der Waals surface area contributed by atoms with Crippen molar-refractivity contribution in [2.75, 3.05) is 25.0 Å². The summed E-state index contributed by atoms with van der Waals surface area (Å²) < 4.78 is 11.4. The zero-order chi connectivity index (χ0) is 22.2. The quantitative estimate of drug-likeness (QED) is 0.542. The van der Waals surface area contributed by atoms with E-state index in [9.17, 15) is 14.7 Å². The highest BCUT2D eigenvalue weighted by atomic mass is 16.6. The second-order valence-corrected chi connectivity index (χ2v) is 9.35. The van der Waals surface area contributed by atoms with Crippen molar-refractivity contribution in [1.82, 2.24) is 10.2 Å². The van der Waals surface area contributed by atoms with Gasteiger partial charge in [-0.3, -0.25) is 5.32 Å². The molecule has 6 rings (SSSR count). The number of nitrogens with one attached hydrogen (secondary N) is 1. The second-order valence-electron chi connectivity index (χ2n) is 9.35. The standard InChI is InChI=1S/C23H28N4O5/c28-21(23(30,17-4-1-2-5-17)18-9-13-31-15-18)32-19-14-27(11-7-16(19)8-12-27)22(29)25-20-6-3-10-24-26-20/h3,6,9-10,13,15-17,19,30H,1-2,4-5,7-8,11-12,14H2/p+1/t16?,19-,23?,27?/m0/s1. The maximum atomic E-state index is 13.4. The number of hydrogen-bond acceptors (Lipinski definition) is 7. The van der Waals surface area contributed by atoms with Crippen LogP contribution in [0.15, 0.2) is 41.3 Å². The molecule has 170 valence electrons. The fourth-order valence-electron chi connectivity index (χ4n) is 5.72. The van der Waals surface area contributed by atoms with Gasteiger partial charge in [0.05, 0.1) is 25.6 Å². The van der Waals surface area contributed by atoms with E-state index in [2.05, 4.69) is 15.5 Å². The molecule has 0 aromatic carbocycles. The predicted molar refractivity (Wildman–Crippen MR) is 113 cm³/mol. The first-order chi connectivity index (χ1) is 15.5. The molecule has 2 bridgehead atoms. The Hall–Kier alpha value is -2.78. The Labute approximate surface area is 186 Å². The number of aliphatic hydroxyl groups is 1. The molecule has 1 unspecified atom stereocenters. The van der Waals surface area contributed by atoms with Crippen LogP contribution in [0.25, 0.3) is 0 Å². The fourth-order valence-corrected chi connectivity index (χ4v) is 5.72. The molecule has 9 heteroatoms. The third-order valence-electron chi connectivity index (χ3n) is 7.63. The maximum absolute atomic E-state index is 13.4. The molecule has 3 aliphatic heterocycles. The summed E-state index contributed by atoms with van der Waals surface area (Å²) in [6, 6.07) is 4.89.